The lowest BCUT2D eigenvalue weighted by Crippen LogP contribution is -2.22. The van der Waals surface area contributed by atoms with E-state index in [1.807, 2.05) is 6.92 Å². The van der Waals surface area contributed by atoms with Gasteiger partial charge in [-0.2, -0.15) is 4.98 Å². The molecule has 3 N–H and O–H groups in total. The Hall–Kier alpha value is -2.08. The highest BCUT2D eigenvalue weighted by atomic mass is 16.4. The Morgan fingerprint density at radius 2 is 2.33 bits per heavy atom. The third-order valence-corrected chi connectivity index (χ3v) is 2.68. The molecule has 0 bridgehead atoms. The average Bonchev–Trinajstić information content (AvgIpc) is 2.76. The lowest BCUT2D eigenvalue weighted by molar-refractivity contribution is 0.0697. The smallest absolute Gasteiger partial charge is 0.335 e. The largest absolute Gasteiger partial charge is 0.478 e. The van der Waals surface area contributed by atoms with E-state index in [2.05, 4.69) is 10.3 Å². The zero-order valence-electron chi connectivity index (χ0n) is 9.88. The standard InChI is InChI=1S/C12H14N2O4/c1-2-8(6-15)13-12-14-9-4-3-7(11(16)17)5-10(9)18-12/h3-5,8,15H,2,6H2,1H3,(H,13,14)(H,16,17). The number of carbonyl (C=O) groups is 1. The lowest BCUT2D eigenvalue weighted by atomic mass is 10.2. The number of aromatic nitrogens is 1. The molecule has 0 saturated heterocycles. The Kier molecular flexibility index (Phi) is 3.47. The number of nitrogens with one attached hydrogen (secondary N) is 1. The first-order valence-corrected chi connectivity index (χ1v) is 5.65. The minimum Gasteiger partial charge on any atom is -0.478 e. The normalized spacial score (nSPS) is 12.6. The Bertz CT molecular complexity index is 560. The van der Waals surface area contributed by atoms with Crippen molar-refractivity contribution >= 4 is 23.1 Å². The van der Waals surface area contributed by atoms with Gasteiger partial charge in [-0.3, -0.25) is 0 Å². The van der Waals surface area contributed by atoms with Crippen LogP contribution in [0.25, 0.3) is 11.1 Å². The fourth-order valence-corrected chi connectivity index (χ4v) is 1.57. The molecule has 0 aliphatic carbocycles. The SMILES string of the molecule is CCC(CO)Nc1nc2ccc(C(=O)O)cc2o1. The summed E-state index contributed by atoms with van der Waals surface area (Å²) in [5.74, 6) is -1.01. The number of carboxylic acids is 1. The molecule has 2 rings (SSSR count). The van der Waals surface area contributed by atoms with Crippen LogP contribution in [0.15, 0.2) is 22.6 Å². The molecular weight excluding hydrogens is 236 g/mol. The summed E-state index contributed by atoms with van der Waals surface area (Å²) in [4.78, 5) is 15.0. The quantitative estimate of drug-likeness (QED) is 0.747. The number of hydrogen-bond donors (Lipinski definition) is 3. The van der Waals surface area contributed by atoms with Gasteiger partial charge in [0.25, 0.3) is 6.01 Å². The van der Waals surface area contributed by atoms with Crippen LogP contribution in [0.5, 0.6) is 0 Å². The molecule has 1 heterocycles. The third kappa shape index (κ3) is 2.43. The molecule has 6 nitrogen and oxygen atoms in total. The molecule has 6 heteroatoms. The number of fused-ring (bicyclic) bond motifs is 1. The number of aliphatic hydroxyl groups excluding tert-OH is 1. The van der Waals surface area contributed by atoms with Crippen LogP contribution < -0.4 is 5.32 Å². The topological polar surface area (TPSA) is 95.6 Å². The van der Waals surface area contributed by atoms with Crippen LogP contribution in [0.2, 0.25) is 0 Å². The minimum atomic E-state index is -1.01. The van der Waals surface area contributed by atoms with Crippen LogP contribution in [0, 0.1) is 0 Å². The molecule has 1 unspecified atom stereocenters. The summed E-state index contributed by atoms with van der Waals surface area (Å²) in [6.07, 6.45) is 0.732. The highest BCUT2D eigenvalue weighted by molar-refractivity contribution is 5.92. The van der Waals surface area contributed by atoms with Crippen molar-refractivity contribution in [1.29, 1.82) is 0 Å². The first-order chi connectivity index (χ1) is 8.63. The van der Waals surface area contributed by atoms with E-state index in [9.17, 15) is 4.79 Å². The van der Waals surface area contributed by atoms with E-state index in [4.69, 9.17) is 14.6 Å². The van der Waals surface area contributed by atoms with Crippen molar-refractivity contribution in [3.63, 3.8) is 0 Å². The van der Waals surface area contributed by atoms with Gasteiger partial charge in [-0.05, 0) is 24.6 Å². The summed E-state index contributed by atoms with van der Waals surface area (Å²) < 4.78 is 5.40. The zero-order valence-corrected chi connectivity index (χ0v) is 9.88. The number of nitrogens with zero attached hydrogens (tertiary/aromatic N) is 1. The van der Waals surface area contributed by atoms with Crippen LogP contribution in [0.3, 0.4) is 0 Å². The third-order valence-electron chi connectivity index (χ3n) is 2.68. The van der Waals surface area contributed by atoms with Crippen molar-refractivity contribution in [3.05, 3.63) is 23.8 Å². The van der Waals surface area contributed by atoms with Gasteiger partial charge in [0.15, 0.2) is 5.58 Å². The summed E-state index contributed by atoms with van der Waals surface area (Å²) in [5.41, 5.74) is 1.14. The second kappa shape index (κ2) is 5.05. The lowest BCUT2D eigenvalue weighted by Gasteiger charge is -2.10. The first-order valence-electron chi connectivity index (χ1n) is 5.65. The number of aromatic carboxylic acids is 1. The van der Waals surface area contributed by atoms with E-state index in [1.165, 1.54) is 12.1 Å². The maximum atomic E-state index is 10.8. The zero-order chi connectivity index (χ0) is 13.1. The Labute approximate surface area is 103 Å². The number of benzene rings is 1. The van der Waals surface area contributed by atoms with Gasteiger partial charge in [-0.1, -0.05) is 6.92 Å². The van der Waals surface area contributed by atoms with E-state index < -0.39 is 5.97 Å². The maximum Gasteiger partial charge on any atom is 0.335 e. The van der Waals surface area contributed by atoms with Crippen LogP contribution in [0.1, 0.15) is 23.7 Å². The van der Waals surface area contributed by atoms with Gasteiger partial charge in [0.1, 0.15) is 5.52 Å². The summed E-state index contributed by atoms with van der Waals surface area (Å²) in [6, 6.07) is 4.65. The summed E-state index contributed by atoms with van der Waals surface area (Å²) in [6.45, 7) is 1.91. The summed E-state index contributed by atoms with van der Waals surface area (Å²) in [7, 11) is 0. The van der Waals surface area contributed by atoms with E-state index in [-0.39, 0.29) is 24.2 Å². The van der Waals surface area contributed by atoms with Crippen LogP contribution >= 0.6 is 0 Å². The number of oxazole rings is 1. The number of anilines is 1. The van der Waals surface area contributed by atoms with Gasteiger partial charge in [0.05, 0.1) is 18.2 Å². The molecule has 0 spiro atoms. The molecule has 2 aromatic rings. The molecule has 0 radical (unpaired) electrons. The number of hydrogen-bond acceptors (Lipinski definition) is 5. The van der Waals surface area contributed by atoms with Gasteiger partial charge < -0.3 is 19.9 Å². The Morgan fingerprint density at radius 3 is 2.94 bits per heavy atom. The fraction of sp³-hybridized carbons (Fsp3) is 0.333. The van der Waals surface area contributed by atoms with E-state index in [0.717, 1.165) is 6.42 Å². The van der Waals surface area contributed by atoms with Crippen LogP contribution in [-0.2, 0) is 0 Å². The van der Waals surface area contributed by atoms with Crippen molar-refractivity contribution in [2.24, 2.45) is 0 Å². The molecule has 18 heavy (non-hydrogen) atoms. The van der Waals surface area contributed by atoms with E-state index >= 15 is 0 Å². The summed E-state index contributed by atoms with van der Waals surface area (Å²) in [5, 5.41) is 20.9. The van der Waals surface area contributed by atoms with Crippen LogP contribution in [0.4, 0.5) is 6.01 Å². The average molecular weight is 250 g/mol. The van der Waals surface area contributed by atoms with Gasteiger partial charge in [0.2, 0.25) is 0 Å². The molecule has 0 fully saturated rings. The van der Waals surface area contributed by atoms with Gasteiger partial charge in [-0.25, -0.2) is 4.79 Å². The Balaban J connectivity index is 2.29. The Morgan fingerprint density at radius 1 is 1.56 bits per heavy atom. The van der Waals surface area contributed by atoms with Crippen molar-refractivity contribution in [3.8, 4) is 0 Å². The number of aliphatic hydroxyl groups is 1. The minimum absolute atomic E-state index is 0.0183. The molecule has 1 aromatic carbocycles. The number of rotatable bonds is 5. The molecule has 1 aromatic heterocycles. The molecule has 0 aliphatic rings. The monoisotopic (exact) mass is 250 g/mol. The van der Waals surface area contributed by atoms with Gasteiger partial charge in [0, 0.05) is 0 Å². The second-order valence-electron chi connectivity index (χ2n) is 3.94. The van der Waals surface area contributed by atoms with Crippen molar-refractivity contribution in [2.45, 2.75) is 19.4 Å². The van der Waals surface area contributed by atoms with Gasteiger partial charge in [-0.15, -0.1) is 0 Å². The predicted molar refractivity (Wildman–Crippen MR) is 65.8 cm³/mol. The van der Waals surface area contributed by atoms with Crippen molar-refractivity contribution in [1.82, 2.24) is 4.98 Å². The molecule has 96 valence electrons. The number of carboxylic acid groups (broad SMARTS) is 1. The fourth-order valence-electron chi connectivity index (χ4n) is 1.57. The van der Waals surface area contributed by atoms with Crippen molar-refractivity contribution in [2.75, 3.05) is 11.9 Å². The second-order valence-corrected chi connectivity index (χ2v) is 3.94. The first kappa shape index (κ1) is 12.4. The van der Waals surface area contributed by atoms with Crippen molar-refractivity contribution < 1.29 is 19.4 Å². The van der Waals surface area contributed by atoms with Gasteiger partial charge >= 0.3 is 5.97 Å². The maximum absolute atomic E-state index is 10.8. The summed E-state index contributed by atoms with van der Waals surface area (Å²) >= 11 is 0. The van der Waals surface area contributed by atoms with E-state index in [0.29, 0.717) is 11.1 Å². The highest BCUT2D eigenvalue weighted by Crippen LogP contribution is 2.21. The molecule has 0 aliphatic heterocycles. The predicted octanol–water partition coefficient (Wildman–Crippen LogP) is 1.71. The molecule has 1 atom stereocenters. The van der Waals surface area contributed by atoms with Crippen LogP contribution in [-0.4, -0.2) is 33.8 Å². The molecular formula is C12H14N2O4. The highest BCUT2D eigenvalue weighted by Gasteiger charge is 2.12. The molecule has 0 saturated carbocycles. The van der Waals surface area contributed by atoms with E-state index in [1.54, 1.807) is 6.07 Å². The molecule has 0 amide bonds.